The Morgan fingerprint density at radius 1 is 1.21 bits per heavy atom. The van der Waals surface area contributed by atoms with Crippen LogP contribution in [-0.4, -0.2) is 15.9 Å². The van der Waals surface area contributed by atoms with E-state index in [0.717, 1.165) is 5.52 Å². The van der Waals surface area contributed by atoms with Gasteiger partial charge in [0.25, 0.3) is 5.91 Å². The summed E-state index contributed by atoms with van der Waals surface area (Å²) in [5, 5.41) is 0. The molecular weight excluding hydrogens is 178 g/mol. The van der Waals surface area contributed by atoms with E-state index in [4.69, 9.17) is 5.73 Å². The van der Waals surface area contributed by atoms with E-state index >= 15 is 0 Å². The molecule has 0 unspecified atom stereocenters. The fourth-order valence-electron chi connectivity index (χ4n) is 1.30. The number of hydrogen-bond donors (Lipinski definition) is 0. The number of aromatic nitrogens is 2. The zero-order valence-electron chi connectivity index (χ0n) is 7.61. The predicted octanol–water partition coefficient (Wildman–Crippen LogP) is 1.36. The van der Waals surface area contributed by atoms with Crippen LogP contribution in [0.4, 0.5) is 0 Å². The molecule has 4 heteroatoms. The summed E-state index contributed by atoms with van der Waals surface area (Å²) in [4.78, 5) is 19.1. The highest BCUT2D eigenvalue weighted by molar-refractivity contribution is 5.93. The third kappa shape index (κ3) is 1.31. The number of carbonyl (C=O) groups excluding carboxylic acids is 1. The number of para-hydroxylation sites is 2. The molecular formula is C10H8N3O. The molecule has 1 radical (unpaired) electrons. The summed E-state index contributed by atoms with van der Waals surface area (Å²) in [6.45, 7) is 1.68. The van der Waals surface area contributed by atoms with Crippen LogP contribution in [0.15, 0.2) is 24.3 Å². The monoisotopic (exact) mass is 186 g/mol. The molecule has 0 saturated carbocycles. The minimum atomic E-state index is -0.791. The third-order valence-corrected chi connectivity index (χ3v) is 1.96. The van der Waals surface area contributed by atoms with Crippen LogP contribution in [-0.2, 0) is 0 Å². The first-order valence-electron chi connectivity index (χ1n) is 4.18. The average molecular weight is 186 g/mol. The fourth-order valence-corrected chi connectivity index (χ4v) is 1.30. The zero-order chi connectivity index (χ0) is 10.1. The van der Waals surface area contributed by atoms with Gasteiger partial charge in [0.2, 0.25) is 0 Å². The third-order valence-electron chi connectivity index (χ3n) is 1.96. The lowest BCUT2D eigenvalue weighted by atomic mass is 10.2. The van der Waals surface area contributed by atoms with Gasteiger partial charge in [-0.15, -0.1) is 0 Å². The van der Waals surface area contributed by atoms with Crippen LogP contribution in [0.25, 0.3) is 11.0 Å². The second kappa shape index (κ2) is 3.06. The van der Waals surface area contributed by atoms with E-state index in [1.54, 1.807) is 13.0 Å². The number of aryl methyl sites for hydroxylation is 1. The number of rotatable bonds is 1. The standard InChI is InChI=1S/C10H8N3O/c1-6-9(10(11)14)13-8-5-3-2-4-7(8)12-6/h2-5,11H,1H3. The number of nitrogens with zero attached hydrogens (tertiary/aromatic N) is 2. The fraction of sp³-hybridized carbons (Fsp3) is 0.100. The van der Waals surface area contributed by atoms with Crippen molar-refractivity contribution in [2.45, 2.75) is 6.92 Å². The normalized spacial score (nSPS) is 10.4. The van der Waals surface area contributed by atoms with Crippen molar-refractivity contribution in [2.75, 3.05) is 0 Å². The number of carbonyl (C=O) groups is 1. The molecule has 0 atom stereocenters. The van der Waals surface area contributed by atoms with Crippen LogP contribution in [0.2, 0.25) is 0 Å². The highest BCUT2D eigenvalue weighted by Crippen LogP contribution is 2.11. The Balaban J connectivity index is 2.77. The number of benzene rings is 1. The lowest BCUT2D eigenvalue weighted by molar-refractivity contribution is 0.0986. The minimum Gasteiger partial charge on any atom is -0.266 e. The lowest BCUT2D eigenvalue weighted by Crippen LogP contribution is -2.07. The number of fused-ring (bicyclic) bond motifs is 1. The quantitative estimate of drug-likeness (QED) is 0.675. The molecule has 0 aliphatic rings. The van der Waals surface area contributed by atoms with Crippen molar-refractivity contribution in [1.82, 2.24) is 15.7 Å². The van der Waals surface area contributed by atoms with Crippen LogP contribution in [0.1, 0.15) is 16.2 Å². The number of hydrogen-bond acceptors (Lipinski definition) is 3. The Kier molecular flexibility index (Phi) is 1.89. The summed E-state index contributed by atoms with van der Waals surface area (Å²) in [5.41, 5.74) is 9.02. The van der Waals surface area contributed by atoms with Gasteiger partial charge in [0, 0.05) is 0 Å². The molecule has 0 bridgehead atoms. The van der Waals surface area contributed by atoms with Crippen LogP contribution in [0, 0.1) is 6.92 Å². The van der Waals surface area contributed by atoms with Gasteiger partial charge in [-0.1, -0.05) is 12.1 Å². The molecule has 4 nitrogen and oxygen atoms in total. The van der Waals surface area contributed by atoms with Gasteiger partial charge < -0.3 is 0 Å². The molecule has 1 N–H and O–H groups in total. The molecule has 69 valence electrons. The van der Waals surface area contributed by atoms with Gasteiger partial charge in [-0.05, 0) is 19.1 Å². The molecule has 1 heterocycles. The summed E-state index contributed by atoms with van der Waals surface area (Å²) in [5.74, 6) is -0.791. The molecule has 0 saturated heterocycles. The largest absolute Gasteiger partial charge is 0.290 e. The van der Waals surface area contributed by atoms with E-state index in [-0.39, 0.29) is 5.69 Å². The molecule has 1 aromatic heterocycles. The minimum absolute atomic E-state index is 0.128. The Hall–Kier alpha value is -1.97. The van der Waals surface area contributed by atoms with Crippen LogP contribution >= 0.6 is 0 Å². The highest BCUT2D eigenvalue weighted by atomic mass is 16.1. The van der Waals surface area contributed by atoms with Crippen molar-refractivity contribution in [3.63, 3.8) is 0 Å². The van der Waals surface area contributed by atoms with Crippen LogP contribution < -0.4 is 5.73 Å². The van der Waals surface area contributed by atoms with E-state index in [9.17, 15) is 4.79 Å². The maximum absolute atomic E-state index is 10.9. The molecule has 2 rings (SSSR count). The van der Waals surface area contributed by atoms with Crippen molar-refractivity contribution in [1.29, 1.82) is 0 Å². The topological polar surface area (TPSA) is 66.7 Å². The van der Waals surface area contributed by atoms with Crippen molar-refractivity contribution < 1.29 is 4.79 Å². The van der Waals surface area contributed by atoms with E-state index < -0.39 is 5.91 Å². The first-order chi connectivity index (χ1) is 6.68. The molecule has 0 fully saturated rings. The van der Waals surface area contributed by atoms with Gasteiger partial charge in [0.05, 0.1) is 16.7 Å². The SMILES string of the molecule is Cc1nc2ccccc2nc1C([NH])=O. The van der Waals surface area contributed by atoms with E-state index in [1.807, 2.05) is 18.2 Å². The number of nitrogens with one attached hydrogen (secondary N) is 1. The van der Waals surface area contributed by atoms with Crippen molar-refractivity contribution in [3.05, 3.63) is 35.7 Å². The van der Waals surface area contributed by atoms with Gasteiger partial charge in [0.1, 0.15) is 0 Å². The Bertz CT molecular complexity index is 508. The van der Waals surface area contributed by atoms with E-state index in [2.05, 4.69) is 9.97 Å². The van der Waals surface area contributed by atoms with Crippen LogP contribution in [0.3, 0.4) is 0 Å². The summed E-state index contributed by atoms with van der Waals surface area (Å²) in [6.07, 6.45) is 0. The van der Waals surface area contributed by atoms with Crippen molar-refractivity contribution >= 4 is 16.9 Å². The number of amides is 1. The molecule has 1 aromatic carbocycles. The molecule has 0 aliphatic carbocycles. The van der Waals surface area contributed by atoms with Crippen molar-refractivity contribution in [3.8, 4) is 0 Å². The first kappa shape index (κ1) is 8.62. The Morgan fingerprint density at radius 2 is 1.79 bits per heavy atom. The molecule has 0 aliphatic heterocycles. The van der Waals surface area contributed by atoms with E-state index in [0.29, 0.717) is 11.2 Å². The zero-order valence-corrected chi connectivity index (χ0v) is 7.61. The van der Waals surface area contributed by atoms with Gasteiger partial charge in [-0.2, -0.15) is 0 Å². The van der Waals surface area contributed by atoms with E-state index in [1.165, 1.54) is 0 Å². The summed E-state index contributed by atoms with van der Waals surface area (Å²) in [6, 6.07) is 7.28. The van der Waals surface area contributed by atoms with Gasteiger partial charge >= 0.3 is 0 Å². The van der Waals surface area contributed by atoms with Gasteiger partial charge in [0.15, 0.2) is 5.69 Å². The molecule has 1 amide bonds. The van der Waals surface area contributed by atoms with Crippen LogP contribution in [0.5, 0.6) is 0 Å². The average Bonchev–Trinajstić information content (AvgIpc) is 2.16. The second-order valence-corrected chi connectivity index (χ2v) is 2.98. The smallest absolute Gasteiger partial charge is 0.266 e. The first-order valence-corrected chi connectivity index (χ1v) is 4.18. The maximum Gasteiger partial charge on any atom is 0.290 e. The molecule has 2 aromatic rings. The second-order valence-electron chi connectivity index (χ2n) is 2.98. The van der Waals surface area contributed by atoms with Crippen molar-refractivity contribution in [2.24, 2.45) is 0 Å². The maximum atomic E-state index is 10.9. The Morgan fingerprint density at radius 3 is 2.36 bits per heavy atom. The predicted molar refractivity (Wildman–Crippen MR) is 51.7 cm³/mol. The Labute approximate surface area is 80.8 Å². The lowest BCUT2D eigenvalue weighted by Gasteiger charge is -2.01. The summed E-state index contributed by atoms with van der Waals surface area (Å²) < 4.78 is 0. The highest BCUT2D eigenvalue weighted by Gasteiger charge is 2.09. The molecule has 14 heavy (non-hydrogen) atoms. The summed E-state index contributed by atoms with van der Waals surface area (Å²) >= 11 is 0. The van der Waals surface area contributed by atoms with Gasteiger partial charge in [-0.3, -0.25) is 10.5 Å². The molecule has 0 spiro atoms. The summed E-state index contributed by atoms with van der Waals surface area (Å²) in [7, 11) is 0. The van der Waals surface area contributed by atoms with Gasteiger partial charge in [-0.25, -0.2) is 9.97 Å².